The van der Waals surface area contributed by atoms with Crippen molar-refractivity contribution in [2.75, 3.05) is 0 Å². The van der Waals surface area contributed by atoms with Gasteiger partial charge >= 0.3 is 5.97 Å². The number of amides is 1. The van der Waals surface area contributed by atoms with Crippen molar-refractivity contribution in [3.05, 3.63) is 63.1 Å². The first kappa shape index (κ1) is 20.7. The second-order valence-corrected chi connectivity index (χ2v) is 6.85. The minimum absolute atomic E-state index is 0.00374. The van der Waals surface area contributed by atoms with Crippen LogP contribution in [0.1, 0.15) is 39.6 Å². The number of phenols is 1. The standard InChI is InChI=1S/C19H17Cl2NO5/c1-10(19(26)27)5-16(24)17-14(20)7-12(8-15(17)21)18(25)22-9-11-3-2-4-13(23)6-11/h2-4,6-8,10,23H,5,9H2,1H3,(H,22,25)(H,26,27)/t10-/m1/s1. The lowest BCUT2D eigenvalue weighted by Crippen LogP contribution is -2.23. The number of rotatable bonds is 7. The number of carbonyl (C=O) groups is 3. The molecule has 0 radical (unpaired) electrons. The van der Waals surface area contributed by atoms with Crippen molar-refractivity contribution in [2.45, 2.75) is 19.9 Å². The largest absolute Gasteiger partial charge is 0.508 e. The van der Waals surface area contributed by atoms with E-state index in [4.69, 9.17) is 28.3 Å². The minimum Gasteiger partial charge on any atom is -0.508 e. The van der Waals surface area contributed by atoms with Crippen molar-refractivity contribution in [2.24, 2.45) is 5.92 Å². The molecule has 0 aliphatic carbocycles. The third kappa shape index (κ3) is 5.45. The van der Waals surface area contributed by atoms with E-state index >= 15 is 0 Å². The number of aliphatic carboxylic acids is 1. The van der Waals surface area contributed by atoms with Gasteiger partial charge < -0.3 is 15.5 Å². The molecule has 0 heterocycles. The molecule has 0 aliphatic rings. The second kappa shape index (κ2) is 8.88. The van der Waals surface area contributed by atoms with Crippen LogP contribution >= 0.6 is 23.2 Å². The number of hydrogen-bond acceptors (Lipinski definition) is 4. The molecule has 2 aromatic rings. The molecule has 27 heavy (non-hydrogen) atoms. The Bertz CT molecular complexity index is 874. The Labute approximate surface area is 165 Å². The highest BCUT2D eigenvalue weighted by Crippen LogP contribution is 2.29. The predicted molar refractivity (Wildman–Crippen MR) is 101 cm³/mol. The van der Waals surface area contributed by atoms with Crippen molar-refractivity contribution < 1.29 is 24.6 Å². The van der Waals surface area contributed by atoms with Gasteiger partial charge in [-0.15, -0.1) is 0 Å². The van der Waals surface area contributed by atoms with E-state index in [1.807, 2.05) is 0 Å². The highest BCUT2D eigenvalue weighted by Gasteiger charge is 2.22. The molecule has 0 aromatic heterocycles. The number of halogens is 2. The fraction of sp³-hybridized carbons (Fsp3) is 0.211. The molecule has 0 saturated carbocycles. The summed E-state index contributed by atoms with van der Waals surface area (Å²) in [6, 6.07) is 9.06. The summed E-state index contributed by atoms with van der Waals surface area (Å²) in [7, 11) is 0. The number of phenolic OH excluding ortho intramolecular Hbond substituents is 1. The summed E-state index contributed by atoms with van der Waals surface area (Å²) >= 11 is 12.2. The first-order chi connectivity index (χ1) is 12.7. The lowest BCUT2D eigenvalue weighted by molar-refractivity contribution is -0.141. The van der Waals surface area contributed by atoms with Crippen LogP contribution in [0.4, 0.5) is 0 Å². The average Bonchev–Trinajstić information content (AvgIpc) is 2.58. The Morgan fingerprint density at radius 2 is 1.74 bits per heavy atom. The van der Waals surface area contributed by atoms with Crippen LogP contribution in [0.5, 0.6) is 5.75 Å². The maximum Gasteiger partial charge on any atom is 0.306 e. The third-order valence-electron chi connectivity index (χ3n) is 3.86. The Balaban J connectivity index is 2.14. The van der Waals surface area contributed by atoms with Gasteiger partial charge in [-0.2, -0.15) is 0 Å². The van der Waals surface area contributed by atoms with Crippen LogP contribution in [0.15, 0.2) is 36.4 Å². The Hall–Kier alpha value is -2.57. The van der Waals surface area contributed by atoms with Gasteiger partial charge in [-0.25, -0.2) is 0 Å². The highest BCUT2D eigenvalue weighted by molar-refractivity contribution is 6.40. The van der Waals surface area contributed by atoms with Gasteiger partial charge in [0.15, 0.2) is 5.78 Å². The van der Waals surface area contributed by atoms with Gasteiger partial charge in [-0.05, 0) is 29.8 Å². The summed E-state index contributed by atoms with van der Waals surface area (Å²) in [5.41, 5.74) is 0.860. The summed E-state index contributed by atoms with van der Waals surface area (Å²) in [5.74, 6) is -2.86. The molecule has 1 amide bonds. The molecule has 2 aromatic carbocycles. The van der Waals surface area contributed by atoms with E-state index in [0.29, 0.717) is 5.56 Å². The summed E-state index contributed by atoms with van der Waals surface area (Å²) < 4.78 is 0. The maximum absolute atomic E-state index is 12.3. The summed E-state index contributed by atoms with van der Waals surface area (Å²) in [6.45, 7) is 1.59. The summed E-state index contributed by atoms with van der Waals surface area (Å²) in [5, 5.41) is 21.0. The van der Waals surface area contributed by atoms with E-state index in [1.54, 1.807) is 12.1 Å². The molecule has 0 bridgehead atoms. The van der Waals surface area contributed by atoms with Gasteiger partial charge in [0, 0.05) is 18.5 Å². The highest BCUT2D eigenvalue weighted by atomic mass is 35.5. The van der Waals surface area contributed by atoms with E-state index in [2.05, 4.69) is 5.32 Å². The van der Waals surface area contributed by atoms with Crippen LogP contribution < -0.4 is 5.32 Å². The normalized spacial score (nSPS) is 11.7. The lowest BCUT2D eigenvalue weighted by Gasteiger charge is -2.11. The van der Waals surface area contributed by atoms with Crippen LogP contribution in [-0.2, 0) is 11.3 Å². The molecule has 0 unspecified atom stereocenters. The second-order valence-electron chi connectivity index (χ2n) is 6.03. The number of carboxylic acids is 1. The van der Waals surface area contributed by atoms with Gasteiger partial charge in [0.05, 0.1) is 21.5 Å². The molecule has 142 valence electrons. The molecule has 3 N–H and O–H groups in total. The molecule has 0 spiro atoms. The molecule has 8 heteroatoms. The monoisotopic (exact) mass is 409 g/mol. The van der Waals surface area contributed by atoms with Crippen LogP contribution in [-0.4, -0.2) is 27.9 Å². The van der Waals surface area contributed by atoms with Crippen LogP contribution in [0.3, 0.4) is 0 Å². The molecule has 6 nitrogen and oxygen atoms in total. The molecule has 1 atom stereocenters. The molecular weight excluding hydrogens is 393 g/mol. The summed E-state index contributed by atoms with van der Waals surface area (Å²) in [4.78, 5) is 35.5. The number of benzene rings is 2. The summed E-state index contributed by atoms with van der Waals surface area (Å²) in [6.07, 6.45) is -0.252. The van der Waals surface area contributed by atoms with Crippen molar-refractivity contribution in [3.63, 3.8) is 0 Å². The fourth-order valence-electron chi connectivity index (χ4n) is 2.39. The average molecular weight is 410 g/mol. The predicted octanol–water partition coefficient (Wildman–Crippen LogP) is 3.92. The molecule has 0 aliphatic heterocycles. The van der Waals surface area contributed by atoms with E-state index in [-0.39, 0.29) is 39.9 Å². The molecule has 0 saturated heterocycles. The first-order valence-corrected chi connectivity index (χ1v) is 8.75. The van der Waals surface area contributed by atoms with Crippen molar-refractivity contribution in [3.8, 4) is 5.75 Å². The van der Waals surface area contributed by atoms with E-state index in [0.717, 1.165) is 0 Å². The lowest BCUT2D eigenvalue weighted by atomic mass is 9.98. The Morgan fingerprint density at radius 3 is 2.30 bits per heavy atom. The number of Topliss-reactive ketones (excluding diaryl/α,β-unsaturated/α-hetero) is 1. The fourth-order valence-corrected chi connectivity index (χ4v) is 3.09. The van der Waals surface area contributed by atoms with Gasteiger partial charge in [0.1, 0.15) is 5.75 Å². The van der Waals surface area contributed by atoms with E-state index in [1.165, 1.54) is 31.2 Å². The Kier molecular flexibility index (Phi) is 6.82. The maximum atomic E-state index is 12.3. The van der Waals surface area contributed by atoms with Crippen molar-refractivity contribution in [1.82, 2.24) is 5.32 Å². The van der Waals surface area contributed by atoms with Gasteiger partial charge in [-0.3, -0.25) is 14.4 Å². The quantitative estimate of drug-likeness (QED) is 0.601. The number of carboxylic acid groups (broad SMARTS) is 1. The number of aromatic hydroxyl groups is 1. The van der Waals surface area contributed by atoms with Gasteiger partial charge in [0.25, 0.3) is 5.91 Å². The number of ketones is 1. The topological polar surface area (TPSA) is 104 Å². The van der Waals surface area contributed by atoms with Crippen LogP contribution in [0, 0.1) is 5.92 Å². The third-order valence-corrected chi connectivity index (χ3v) is 4.46. The number of nitrogens with one attached hydrogen (secondary N) is 1. The Morgan fingerprint density at radius 1 is 1.11 bits per heavy atom. The van der Waals surface area contributed by atoms with E-state index < -0.39 is 23.6 Å². The zero-order valence-corrected chi connectivity index (χ0v) is 15.8. The zero-order chi connectivity index (χ0) is 20.1. The molecule has 2 rings (SSSR count). The minimum atomic E-state index is -1.10. The first-order valence-electron chi connectivity index (χ1n) is 8.00. The molecule has 0 fully saturated rings. The van der Waals surface area contributed by atoms with Crippen LogP contribution in [0.2, 0.25) is 10.0 Å². The number of carbonyl (C=O) groups excluding carboxylic acids is 2. The van der Waals surface area contributed by atoms with Gasteiger partial charge in [0.2, 0.25) is 0 Å². The smallest absolute Gasteiger partial charge is 0.306 e. The van der Waals surface area contributed by atoms with Crippen molar-refractivity contribution in [1.29, 1.82) is 0 Å². The van der Waals surface area contributed by atoms with Crippen molar-refractivity contribution >= 4 is 40.9 Å². The van der Waals surface area contributed by atoms with Crippen LogP contribution in [0.25, 0.3) is 0 Å². The van der Waals surface area contributed by atoms with E-state index in [9.17, 15) is 19.5 Å². The number of hydrogen-bond donors (Lipinski definition) is 3. The van der Waals surface area contributed by atoms with Gasteiger partial charge in [-0.1, -0.05) is 42.3 Å². The zero-order valence-electron chi connectivity index (χ0n) is 14.3. The SMILES string of the molecule is C[C@H](CC(=O)c1c(Cl)cc(C(=O)NCc2cccc(O)c2)cc1Cl)C(=O)O. The molecular formula is C19H17Cl2NO5.